The number of nitrogens with zero attached hydrogens (tertiary/aromatic N) is 6. The molecule has 0 radical (unpaired) electrons. The van der Waals surface area contributed by atoms with Crippen LogP contribution in [0, 0.1) is 0 Å². The molecule has 0 atom stereocenters. The fourth-order valence-corrected chi connectivity index (χ4v) is 2.81. The van der Waals surface area contributed by atoms with Gasteiger partial charge in [0, 0.05) is 36.7 Å². The first-order valence-electron chi connectivity index (χ1n) is 12.5. The maximum atomic E-state index is 4.43. The Kier molecular flexibility index (Phi) is 11.6. The number of imidazole rings is 1. The van der Waals surface area contributed by atoms with E-state index in [2.05, 4.69) is 121 Å². The van der Waals surface area contributed by atoms with Crippen LogP contribution in [0.3, 0.4) is 0 Å². The van der Waals surface area contributed by atoms with Gasteiger partial charge in [0.1, 0.15) is 0 Å². The second-order valence-electron chi connectivity index (χ2n) is 10.5. The van der Waals surface area contributed by atoms with Gasteiger partial charge in [-0.15, -0.1) is 0 Å². The Morgan fingerprint density at radius 1 is 0.636 bits per heavy atom. The lowest BCUT2D eigenvalue weighted by Gasteiger charge is -2.04. The second kappa shape index (κ2) is 13.4. The first kappa shape index (κ1) is 28.7. The van der Waals surface area contributed by atoms with E-state index in [1.165, 1.54) is 17.0 Å². The monoisotopic (exact) mass is 456 g/mol. The zero-order valence-electron chi connectivity index (χ0n) is 23.1. The zero-order chi connectivity index (χ0) is 25.3. The molecule has 186 valence electrons. The van der Waals surface area contributed by atoms with Crippen LogP contribution in [0.1, 0.15) is 136 Å². The molecule has 3 rings (SSSR count). The predicted octanol–water partition coefficient (Wildman–Crippen LogP) is 7.76. The van der Waals surface area contributed by atoms with Crippen molar-refractivity contribution in [3.8, 4) is 0 Å². The third-order valence-corrected chi connectivity index (χ3v) is 5.38. The molecule has 0 spiro atoms. The SMILES string of the molecule is CC(C)c1ccn(C(C)C)n1.CC(C)c1cn(C(C)C)cn1.CC(C)c1cnn(C(C)C)c1. The molecule has 33 heavy (non-hydrogen) atoms. The quantitative estimate of drug-likeness (QED) is 0.381. The fraction of sp³-hybridized carbons (Fsp3) is 0.667. The van der Waals surface area contributed by atoms with Crippen molar-refractivity contribution >= 4 is 0 Å². The van der Waals surface area contributed by atoms with Crippen LogP contribution in [-0.2, 0) is 0 Å². The van der Waals surface area contributed by atoms with Gasteiger partial charge in [0.05, 0.1) is 23.9 Å². The minimum Gasteiger partial charge on any atom is -0.335 e. The molecule has 0 unspecified atom stereocenters. The third kappa shape index (κ3) is 9.56. The van der Waals surface area contributed by atoms with Crippen molar-refractivity contribution in [3.05, 3.63) is 54.1 Å². The Balaban J connectivity index is 0.000000247. The van der Waals surface area contributed by atoms with Crippen LogP contribution in [-0.4, -0.2) is 29.1 Å². The van der Waals surface area contributed by atoms with Gasteiger partial charge < -0.3 is 4.57 Å². The molecule has 0 bridgehead atoms. The van der Waals surface area contributed by atoms with Gasteiger partial charge in [0.25, 0.3) is 0 Å². The standard InChI is InChI=1S/3C9H16N2/c1-7(2)9-5-11(6-10-9)8(3)4;1-7(2)9-5-10-11(6-9)8(3)4;1-7(2)9-5-6-11(10-9)8(3)4/h3*5-8H,1-4H3. The lowest BCUT2D eigenvalue weighted by molar-refractivity contribution is 0.523. The maximum Gasteiger partial charge on any atom is 0.0951 e. The fourth-order valence-electron chi connectivity index (χ4n) is 2.81. The van der Waals surface area contributed by atoms with Crippen LogP contribution in [0.2, 0.25) is 0 Å². The zero-order valence-corrected chi connectivity index (χ0v) is 23.1. The van der Waals surface area contributed by atoms with E-state index in [9.17, 15) is 0 Å². The van der Waals surface area contributed by atoms with Crippen molar-refractivity contribution in [2.45, 2.75) is 119 Å². The lowest BCUT2D eigenvalue weighted by atomic mass is 10.1. The Morgan fingerprint density at radius 3 is 1.48 bits per heavy atom. The Bertz CT molecular complexity index is 722. The molecule has 0 aliphatic heterocycles. The minimum atomic E-state index is 0.475. The third-order valence-electron chi connectivity index (χ3n) is 5.38. The molecule has 0 N–H and O–H groups in total. The van der Waals surface area contributed by atoms with Crippen molar-refractivity contribution in [2.75, 3.05) is 0 Å². The summed E-state index contributed by atoms with van der Waals surface area (Å²) in [7, 11) is 0. The van der Waals surface area contributed by atoms with E-state index >= 15 is 0 Å². The highest BCUT2D eigenvalue weighted by atomic mass is 15.3. The van der Waals surface area contributed by atoms with Gasteiger partial charge in [0.15, 0.2) is 0 Å². The minimum absolute atomic E-state index is 0.475. The average Bonchev–Trinajstić information content (AvgIpc) is 3.49. The number of rotatable bonds is 6. The smallest absolute Gasteiger partial charge is 0.0951 e. The molecule has 0 saturated heterocycles. The van der Waals surface area contributed by atoms with E-state index in [0.717, 1.165) is 0 Å². The average molecular weight is 457 g/mol. The molecule has 0 fully saturated rings. The van der Waals surface area contributed by atoms with Crippen LogP contribution in [0.25, 0.3) is 0 Å². The van der Waals surface area contributed by atoms with E-state index in [0.29, 0.717) is 35.9 Å². The van der Waals surface area contributed by atoms with Crippen molar-refractivity contribution in [3.63, 3.8) is 0 Å². The number of hydrogen-bond acceptors (Lipinski definition) is 3. The highest BCUT2D eigenvalue weighted by molar-refractivity contribution is 5.09. The van der Waals surface area contributed by atoms with Crippen LogP contribution in [0.15, 0.2) is 37.2 Å². The van der Waals surface area contributed by atoms with Gasteiger partial charge in [-0.2, -0.15) is 10.2 Å². The van der Waals surface area contributed by atoms with Crippen LogP contribution < -0.4 is 0 Å². The summed E-state index contributed by atoms with van der Waals surface area (Å²) < 4.78 is 6.12. The maximum absolute atomic E-state index is 4.43. The summed E-state index contributed by atoms with van der Waals surface area (Å²) in [4.78, 5) is 4.30. The summed E-state index contributed by atoms with van der Waals surface area (Å²) in [5, 5.41) is 8.68. The first-order chi connectivity index (χ1) is 15.3. The molecule has 6 nitrogen and oxygen atoms in total. The lowest BCUT2D eigenvalue weighted by Crippen LogP contribution is -2.02. The Labute approximate surface area is 202 Å². The largest absolute Gasteiger partial charge is 0.335 e. The predicted molar refractivity (Wildman–Crippen MR) is 140 cm³/mol. The molecular formula is C27H48N6. The Hall–Kier alpha value is -2.37. The van der Waals surface area contributed by atoms with Crippen LogP contribution in [0.4, 0.5) is 0 Å². The van der Waals surface area contributed by atoms with Gasteiger partial charge in [-0.1, -0.05) is 41.5 Å². The van der Waals surface area contributed by atoms with E-state index < -0.39 is 0 Å². The highest BCUT2D eigenvalue weighted by Crippen LogP contribution is 2.15. The van der Waals surface area contributed by atoms with E-state index in [1.54, 1.807) is 0 Å². The molecule has 0 aromatic carbocycles. The normalized spacial score (nSPS) is 11.5. The summed E-state index contributed by atoms with van der Waals surface area (Å²) in [5.74, 6) is 1.66. The molecule has 0 aliphatic carbocycles. The van der Waals surface area contributed by atoms with Crippen LogP contribution in [0.5, 0.6) is 0 Å². The van der Waals surface area contributed by atoms with Crippen molar-refractivity contribution in [2.24, 2.45) is 0 Å². The molecular weight excluding hydrogens is 408 g/mol. The van der Waals surface area contributed by atoms with Crippen LogP contribution >= 0.6 is 0 Å². The molecule has 3 heterocycles. The molecule has 3 aromatic heterocycles. The number of hydrogen-bond donors (Lipinski definition) is 0. The highest BCUT2D eigenvalue weighted by Gasteiger charge is 2.05. The molecule has 0 aliphatic rings. The van der Waals surface area contributed by atoms with Crippen molar-refractivity contribution < 1.29 is 0 Å². The summed E-state index contributed by atoms with van der Waals surface area (Å²) in [6.07, 6.45) is 10.1. The van der Waals surface area contributed by atoms with Gasteiger partial charge in [0.2, 0.25) is 0 Å². The molecule has 6 heteroatoms. The van der Waals surface area contributed by atoms with Crippen molar-refractivity contribution in [1.82, 2.24) is 29.1 Å². The molecule has 3 aromatic rings. The number of aromatic nitrogens is 6. The summed E-state index contributed by atoms with van der Waals surface area (Å²) >= 11 is 0. The topological polar surface area (TPSA) is 53.5 Å². The molecule has 0 amide bonds. The summed E-state index contributed by atoms with van der Waals surface area (Å²) in [6.45, 7) is 25.9. The van der Waals surface area contributed by atoms with Gasteiger partial charge in [-0.25, -0.2) is 4.98 Å². The van der Waals surface area contributed by atoms with E-state index in [1.807, 2.05) is 28.1 Å². The summed E-state index contributed by atoms with van der Waals surface area (Å²) in [6, 6.07) is 3.56. The van der Waals surface area contributed by atoms with Crippen molar-refractivity contribution in [1.29, 1.82) is 0 Å². The molecule has 0 saturated carbocycles. The van der Waals surface area contributed by atoms with Gasteiger partial charge >= 0.3 is 0 Å². The van der Waals surface area contributed by atoms with E-state index in [4.69, 9.17) is 0 Å². The summed E-state index contributed by atoms with van der Waals surface area (Å²) in [5.41, 5.74) is 3.68. The first-order valence-corrected chi connectivity index (χ1v) is 12.5. The second-order valence-corrected chi connectivity index (χ2v) is 10.5. The van der Waals surface area contributed by atoms with Gasteiger partial charge in [-0.3, -0.25) is 9.36 Å². The van der Waals surface area contributed by atoms with E-state index in [-0.39, 0.29) is 0 Å². The Morgan fingerprint density at radius 2 is 1.21 bits per heavy atom. The van der Waals surface area contributed by atoms with Gasteiger partial charge in [-0.05, 0) is 70.9 Å².